The first-order valence-electron chi connectivity index (χ1n) is 6.51. The average molecular weight is 280 g/mol. The summed E-state index contributed by atoms with van der Waals surface area (Å²) in [7, 11) is 0. The van der Waals surface area contributed by atoms with Crippen molar-refractivity contribution in [3.05, 3.63) is 29.6 Å². The first-order chi connectivity index (χ1) is 9.44. The lowest BCUT2D eigenvalue weighted by molar-refractivity contribution is -0.148. The normalized spacial score (nSPS) is 16.9. The Morgan fingerprint density at radius 1 is 1.35 bits per heavy atom. The number of benzene rings is 1. The van der Waals surface area contributed by atoms with Gasteiger partial charge in [-0.25, -0.2) is 4.39 Å². The highest BCUT2D eigenvalue weighted by molar-refractivity contribution is 5.99. The van der Waals surface area contributed by atoms with Gasteiger partial charge in [-0.3, -0.25) is 9.59 Å². The highest BCUT2D eigenvalue weighted by Gasteiger charge is 2.41. The van der Waals surface area contributed by atoms with Crippen molar-refractivity contribution in [2.75, 3.05) is 12.3 Å². The van der Waals surface area contributed by atoms with E-state index in [-0.39, 0.29) is 17.8 Å². The average Bonchev–Trinajstić information content (AvgIpc) is 2.89. The molecule has 0 atom stereocenters. The molecule has 20 heavy (non-hydrogen) atoms. The Bertz CT molecular complexity index is 539. The first kappa shape index (κ1) is 14.3. The molecule has 1 aliphatic rings. The molecule has 4 N–H and O–H groups in total. The van der Waals surface area contributed by atoms with Crippen LogP contribution in [0.3, 0.4) is 0 Å². The zero-order chi connectivity index (χ0) is 14.8. The van der Waals surface area contributed by atoms with E-state index in [1.54, 1.807) is 0 Å². The van der Waals surface area contributed by atoms with Gasteiger partial charge in [0.2, 0.25) is 0 Å². The minimum absolute atomic E-state index is 0.0311. The second-order valence-corrected chi connectivity index (χ2v) is 5.21. The second kappa shape index (κ2) is 5.48. The van der Waals surface area contributed by atoms with Crippen molar-refractivity contribution in [3.8, 4) is 0 Å². The number of carboxylic acids is 1. The highest BCUT2D eigenvalue weighted by Crippen LogP contribution is 2.37. The predicted octanol–water partition coefficient (Wildman–Crippen LogP) is 1.78. The van der Waals surface area contributed by atoms with E-state index in [9.17, 15) is 19.1 Å². The summed E-state index contributed by atoms with van der Waals surface area (Å²) in [5.41, 5.74) is 4.92. The van der Waals surface area contributed by atoms with Crippen molar-refractivity contribution < 1.29 is 19.1 Å². The minimum Gasteiger partial charge on any atom is -0.481 e. The summed E-state index contributed by atoms with van der Waals surface area (Å²) >= 11 is 0. The summed E-state index contributed by atoms with van der Waals surface area (Å²) in [5.74, 6) is -2.00. The van der Waals surface area contributed by atoms with Gasteiger partial charge in [0.05, 0.1) is 11.0 Å². The van der Waals surface area contributed by atoms with Crippen molar-refractivity contribution in [1.82, 2.24) is 5.32 Å². The Labute approximate surface area is 116 Å². The van der Waals surface area contributed by atoms with E-state index >= 15 is 0 Å². The molecule has 6 heteroatoms. The van der Waals surface area contributed by atoms with Crippen LogP contribution in [0, 0.1) is 11.2 Å². The van der Waals surface area contributed by atoms with Crippen LogP contribution in [0.25, 0.3) is 0 Å². The van der Waals surface area contributed by atoms with Crippen LogP contribution in [0.15, 0.2) is 18.2 Å². The van der Waals surface area contributed by atoms with Gasteiger partial charge < -0.3 is 16.2 Å². The van der Waals surface area contributed by atoms with Crippen LogP contribution in [-0.2, 0) is 4.79 Å². The number of amides is 1. The fraction of sp³-hybridized carbons (Fsp3) is 0.429. The van der Waals surface area contributed by atoms with Crippen LogP contribution in [0.2, 0.25) is 0 Å². The number of halogens is 1. The Kier molecular flexibility index (Phi) is 3.92. The third-order valence-corrected chi connectivity index (χ3v) is 3.86. The number of hydrogen-bond acceptors (Lipinski definition) is 3. The Hall–Kier alpha value is -2.11. The summed E-state index contributed by atoms with van der Waals surface area (Å²) < 4.78 is 13.1. The molecule has 0 spiro atoms. The largest absolute Gasteiger partial charge is 0.481 e. The van der Waals surface area contributed by atoms with Crippen molar-refractivity contribution in [3.63, 3.8) is 0 Å². The number of nitrogen functional groups attached to an aromatic ring is 1. The van der Waals surface area contributed by atoms with Crippen LogP contribution >= 0.6 is 0 Å². The second-order valence-electron chi connectivity index (χ2n) is 5.21. The molecule has 0 radical (unpaired) electrons. The molecule has 1 aromatic rings. The summed E-state index contributed by atoms with van der Waals surface area (Å²) in [6, 6.07) is 3.53. The summed E-state index contributed by atoms with van der Waals surface area (Å²) in [6.07, 6.45) is 2.76. The summed E-state index contributed by atoms with van der Waals surface area (Å²) in [6.45, 7) is 0.0388. The van der Waals surface area contributed by atoms with E-state index in [4.69, 9.17) is 5.73 Å². The lowest BCUT2D eigenvalue weighted by Gasteiger charge is -2.24. The Morgan fingerprint density at radius 2 is 2.00 bits per heavy atom. The van der Waals surface area contributed by atoms with Crippen LogP contribution < -0.4 is 11.1 Å². The molecule has 0 aromatic heterocycles. The van der Waals surface area contributed by atoms with Gasteiger partial charge in [-0.2, -0.15) is 0 Å². The first-order valence-corrected chi connectivity index (χ1v) is 6.51. The molecule has 108 valence electrons. The molecule has 5 nitrogen and oxygen atoms in total. The van der Waals surface area contributed by atoms with E-state index in [0.717, 1.165) is 18.9 Å². The molecule has 1 aliphatic carbocycles. The maximum absolute atomic E-state index is 13.1. The van der Waals surface area contributed by atoms with Gasteiger partial charge in [-0.05, 0) is 31.0 Å². The zero-order valence-electron chi connectivity index (χ0n) is 11.0. The lowest BCUT2D eigenvalue weighted by Crippen LogP contribution is -2.41. The van der Waals surface area contributed by atoms with Crippen LogP contribution in [-0.4, -0.2) is 23.5 Å². The molecule has 1 aromatic carbocycles. The molecule has 0 bridgehead atoms. The maximum Gasteiger partial charge on any atom is 0.311 e. The number of aliphatic carboxylic acids is 1. The lowest BCUT2D eigenvalue weighted by atomic mass is 9.86. The molecule has 1 amide bonds. The number of nitrogens with one attached hydrogen (secondary N) is 1. The molecule has 2 rings (SSSR count). The van der Waals surface area contributed by atoms with Gasteiger partial charge in [0, 0.05) is 12.2 Å². The molecular formula is C14H17FN2O3. The third-order valence-electron chi connectivity index (χ3n) is 3.86. The van der Waals surface area contributed by atoms with E-state index in [1.165, 1.54) is 12.1 Å². The van der Waals surface area contributed by atoms with Crippen molar-refractivity contribution in [2.24, 2.45) is 5.41 Å². The summed E-state index contributed by atoms with van der Waals surface area (Å²) in [5, 5.41) is 11.9. The van der Waals surface area contributed by atoms with E-state index < -0.39 is 23.1 Å². The number of carboxylic acid groups (broad SMARTS) is 1. The van der Waals surface area contributed by atoms with Gasteiger partial charge in [0.1, 0.15) is 5.82 Å². The van der Waals surface area contributed by atoms with E-state index in [0.29, 0.717) is 12.8 Å². The molecular weight excluding hydrogens is 263 g/mol. The molecule has 0 saturated heterocycles. The quantitative estimate of drug-likeness (QED) is 0.733. The smallest absolute Gasteiger partial charge is 0.311 e. The van der Waals surface area contributed by atoms with Gasteiger partial charge in [-0.15, -0.1) is 0 Å². The van der Waals surface area contributed by atoms with Crippen LogP contribution in [0.4, 0.5) is 10.1 Å². The van der Waals surface area contributed by atoms with Crippen LogP contribution in [0.5, 0.6) is 0 Å². The topological polar surface area (TPSA) is 92.4 Å². The minimum atomic E-state index is -0.905. The molecule has 0 aliphatic heterocycles. The summed E-state index contributed by atoms with van der Waals surface area (Å²) in [4.78, 5) is 23.3. The monoisotopic (exact) mass is 280 g/mol. The predicted molar refractivity (Wildman–Crippen MR) is 71.7 cm³/mol. The SMILES string of the molecule is Nc1ccc(F)cc1C(=O)NCC1(C(=O)O)CCCC1. The number of anilines is 1. The van der Waals surface area contributed by atoms with Gasteiger partial charge in [-0.1, -0.05) is 12.8 Å². The van der Waals surface area contributed by atoms with Gasteiger partial charge in [0.15, 0.2) is 0 Å². The molecule has 1 saturated carbocycles. The maximum atomic E-state index is 13.1. The molecule has 0 unspecified atom stereocenters. The van der Waals surface area contributed by atoms with E-state index in [2.05, 4.69) is 5.32 Å². The van der Waals surface area contributed by atoms with E-state index in [1.807, 2.05) is 0 Å². The number of carbonyl (C=O) groups excluding carboxylic acids is 1. The fourth-order valence-corrected chi connectivity index (χ4v) is 2.59. The van der Waals surface area contributed by atoms with Crippen LogP contribution in [0.1, 0.15) is 36.0 Å². The third kappa shape index (κ3) is 2.74. The Morgan fingerprint density at radius 3 is 2.60 bits per heavy atom. The molecule has 1 fully saturated rings. The number of carbonyl (C=O) groups is 2. The van der Waals surface area contributed by atoms with Crippen molar-refractivity contribution in [2.45, 2.75) is 25.7 Å². The zero-order valence-corrected chi connectivity index (χ0v) is 11.0. The molecule has 0 heterocycles. The number of nitrogens with two attached hydrogens (primary N) is 1. The highest BCUT2D eigenvalue weighted by atomic mass is 19.1. The van der Waals surface area contributed by atoms with Crippen molar-refractivity contribution >= 4 is 17.6 Å². The van der Waals surface area contributed by atoms with Crippen molar-refractivity contribution in [1.29, 1.82) is 0 Å². The van der Waals surface area contributed by atoms with Gasteiger partial charge >= 0.3 is 5.97 Å². The fourth-order valence-electron chi connectivity index (χ4n) is 2.59. The number of hydrogen-bond donors (Lipinski definition) is 3. The Balaban J connectivity index is 2.08. The number of rotatable bonds is 4. The standard InChI is InChI=1S/C14H17FN2O3/c15-9-3-4-11(16)10(7-9)12(18)17-8-14(13(19)20)5-1-2-6-14/h3-4,7H,1-2,5-6,8,16H2,(H,17,18)(H,19,20). The van der Waals surface area contributed by atoms with Gasteiger partial charge in [0.25, 0.3) is 5.91 Å².